The number of primary sulfonamides is 1. The standard InChI is InChI=1S/C13H11NO5S2/c14-21(17,18)11-7-8(13(15)16)6-10(20)12(11)19-9-4-2-1-3-5-9/h1-7,20H,(H,15,16)(H2,14,17,18). The van der Waals surface area contributed by atoms with Crippen LogP contribution in [0.4, 0.5) is 0 Å². The van der Waals surface area contributed by atoms with Crippen LogP contribution in [-0.4, -0.2) is 19.5 Å². The van der Waals surface area contributed by atoms with Crippen molar-refractivity contribution in [1.29, 1.82) is 0 Å². The average molecular weight is 325 g/mol. The van der Waals surface area contributed by atoms with Gasteiger partial charge in [-0.1, -0.05) is 18.2 Å². The predicted molar refractivity (Wildman–Crippen MR) is 78.5 cm³/mol. The summed E-state index contributed by atoms with van der Waals surface area (Å²) in [5, 5.41) is 14.1. The van der Waals surface area contributed by atoms with Gasteiger partial charge in [-0.05, 0) is 24.3 Å². The molecule has 6 nitrogen and oxygen atoms in total. The molecular weight excluding hydrogens is 314 g/mol. The van der Waals surface area contributed by atoms with Crippen molar-refractivity contribution >= 4 is 28.6 Å². The third-order valence-electron chi connectivity index (χ3n) is 2.55. The van der Waals surface area contributed by atoms with Gasteiger partial charge in [-0.3, -0.25) is 0 Å². The third kappa shape index (κ3) is 3.54. The number of ether oxygens (including phenoxy) is 1. The minimum Gasteiger partial charge on any atom is -0.478 e. The number of nitrogens with two attached hydrogens (primary N) is 1. The molecule has 110 valence electrons. The summed E-state index contributed by atoms with van der Waals surface area (Å²) in [5.74, 6) is -1.03. The van der Waals surface area contributed by atoms with Gasteiger partial charge in [0.15, 0.2) is 5.75 Å². The first-order chi connectivity index (χ1) is 9.79. The highest BCUT2D eigenvalue weighted by Crippen LogP contribution is 2.35. The summed E-state index contributed by atoms with van der Waals surface area (Å²) < 4.78 is 28.8. The van der Waals surface area contributed by atoms with Gasteiger partial charge in [-0.15, -0.1) is 12.6 Å². The van der Waals surface area contributed by atoms with Crippen LogP contribution in [0.15, 0.2) is 52.3 Å². The Morgan fingerprint density at radius 2 is 1.81 bits per heavy atom. The summed E-state index contributed by atoms with van der Waals surface area (Å²) in [6.45, 7) is 0. The molecule has 2 aromatic rings. The Bertz CT molecular complexity index is 788. The van der Waals surface area contributed by atoms with Gasteiger partial charge in [-0.25, -0.2) is 18.4 Å². The molecule has 3 N–H and O–H groups in total. The van der Waals surface area contributed by atoms with Gasteiger partial charge in [0.2, 0.25) is 10.0 Å². The van der Waals surface area contributed by atoms with Crippen molar-refractivity contribution in [2.75, 3.05) is 0 Å². The van der Waals surface area contributed by atoms with Crippen LogP contribution in [0.1, 0.15) is 10.4 Å². The van der Waals surface area contributed by atoms with Gasteiger partial charge in [0, 0.05) is 4.90 Å². The van der Waals surface area contributed by atoms with Crippen LogP contribution in [-0.2, 0) is 10.0 Å². The number of hydrogen-bond acceptors (Lipinski definition) is 5. The number of hydrogen-bond donors (Lipinski definition) is 3. The number of carboxylic acid groups (broad SMARTS) is 1. The number of carboxylic acids is 1. The largest absolute Gasteiger partial charge is 0.478 e. The molecule has 0 heterocycles. The van der Waals surface area contributed by atoms with Crippen LogP contribution in [0.2, 0.25) is 0 Å². The van der Waals surface area contributed by atoms with Crippen molar-refractivity contribution < 1.29 is 23.1 Å². The molecule has 0 amide bonds. The zero-order chi connectivity index (χ0) is 15.6. The summed E-state index contributed by atoms with van der Waals surface area (Å²) in [5.41, 5.74) is -0.246. The predicted octanol–water partition coefficient (Wildman–Crippen LogP) is 2.11. The third-order valence-corrected chi connectivity index (χ3v) is 3.80. The van der Waals surface area contributed by atoms with Crippen LogP contribution in [0.3, 0.4) is 0 Å². The molecule has 0 aliphatic heterocycles. The van der Waals surface area contributed by atoms with E-state index in [1.165, 1.54) is 6.07 Å². The lowest BCUT2D eigenvalue weighted by atomic mass is 10.2. The lowest BCUT2D eigenvalue weighted by Crippen LogP contribution is -2.15. The first-order valence-corrected chi connectivity index (χ1v) is 7.64. The molecule has 0 aliphatic carbocycles. The number of rotatable bonds is 4. The Balaban J connectivity index is 2.62. The second-order valence-electron chi connectivity index (χ2n) is 4.09. The molecule has 2 rings (SSSR count). The fourth-order valence-electron chi connectivity index (χ4n) is 1.63. The highest BCUT2D eigenvalue weighted by Gasteiger charge is 2.22. The second-order valence-corrected chi connectivity index (χ2v) is 6.10. The van der Waals surface area contributed by atoms with Crippen LogP contribution in [0.5, 0.6) is 11.5 Å². The highest BCUT2D eigenvalue weighted by atomic mass is 32.2. The lowest BCUT2D eigenvalue weighted by molar-refractivity contribution is 0.0696. The van der Waals surface area contributed by atoms with E-state index in [4.69, 9.17) is 15.0 Å². The van der Waals surface area contributed by atoms with Crippen LogP contribution in [0, 0.1) is 0 Å². The van der Waals surface area contributed by atoms with Gasteiger partial charge in [0.25, 0.3) is 0 Å². The minimum absolute atomic E-state index is 0.0581. The van der Waals surface area contributed by atoms with Crippen molar-refractivity contribution in [3.05, 3.63) is 48.0 Å². The maximum absolute atomic E-state index is 11.6. The minimum atomic E-state index is -4.17. The van der Waals surface area contributed by atoms with Gasteiger partial charge >= 0.3 is 5.97 Å². The number of benzene rings is 2. The van der Waals surface area contributed by atoms with Gasteiger partial charge < -0.3 is 9.84 Å². The topological polar surface area (TPSA) is 107 Å². The van der Waals surface area contributed by atoms with E-state index in [2.05, 4.69) is 12.6 Å². The molecule has 0 saturated heterocycles. The van der Waals surface area contributed by atoms with E-state index in [0.29, 0.717) is 5.75 Å². The molecule has 2 aromatic carbocycles. The number of thiol groups is 1. The molecule has 8 heteroatoms. The van der Waals surface area contributed by atoms with E-state index >= 15 is 0 Å². The molecule has 0 radical (unpaired) electrons. The Morgan fingerprint density at radius 1 is 1.19 bits per heavy atom. The monoisotopic (exact) mass is 325 g/mol. The van der Waals surface area contributed by atoms with Crippen LogP contribution < -0.4 is 9.88 Å². The summed E-state index contributed by atoms with van der Waals surface area (Å²) in [7, 11) is -4.17. The summed E-state index contributed by atoms with van der Waals surface area (Å²) >= 11 is 4.09. The SMILES string of the molecule is NS(=O)(=O)c1cc(C(=O)O)cc(S)c1Oc1ccccc1. The average Bonchev–Trinajstić information content (AvgIpc) is 2.40. The zero-order valence-electron chi connectivity index (χ0n) is 10.6. The second kappa shape index (κ2) is 5.76. The van der Waals surface area contributed by atoms with E-state index in [-0.39, 0.29) is 16.2 Å². The van der Waals surface area contributed by atoms with Gasteiger partial charge in [0.1, 0.15) is 10.6 Å². The molecule has 0 aliphatic rings. The Labute approximate surface area is 126 Å². The molecule has 0 unspecified atom stereocenters. The van der Waals surface area contributed by atoms with Gasteiger partial charge in [0.05, 0.1) is 5.56 Å². The molecular formula is C13H11NO5S2. The Kier molecular flexibility index (Phi) is 4.21. The number of aromatic carboxylic acids is 1. The molecule has 0 saturated carbocycles. The van der Waals surface area contributed by atoms with E-state index in [1.807, 2.05) is 0 Å². The molecule has 0 bridgehead atoms. The van der Waals surface area contributed by atoms with Crippen molar-refractivity contribution in [3.8, 4) is 11.5 Å². The van der Waals surface area contributed by atoms with Crippen molar-refractivity contribution in [3.63, 3.8) is 0 Å². The van der Waals surface area contributed by atoms with Crippen LogP contribution >= 0.6 is 12.6 Å². The quantitative estimate of drug-likeness (QED) is 0.746. The number of sulfonamides is 1. The Hall–Kier alpha value is -2.03. The van der Waals surface area contributed by atoms with E-state index < -0.39 is 20.9 Å². The fraction of sp³-hybridized carbons (Fsp3) is 0. The lowest BCUT2D eigenvalue weighted by Gasteiger charge is -2.13. The van der Waals surface area contributed by atoms with E-state index in [9.17, 15) is 13.2 Å². The normalized spacial score (nSPS) is 11.1. The first-order valence-electron chi connectivity index (χ1n) is 5.65. The summed E-state index contributed by atoms with van der Waals surface area (Å²) in [4.78, 5) is 10.6. The molecule has 21 heavy (non-hydrogen) atoms. The van der Waals surface area contributed by atoms with Crippen LogP contribution in [0.25, 0.3) is 0 Å². The molecule has 0 spiro atoms. The first kappa shape index (κ1) is 15.4. The van der Waals surface area contributed by atoms with Gasteiger partial charge in [-0.2, -0.15) is 0 Å². The number of carbonyl (C=O) groups is 1. The molecule has 0 aromatic heterocycles. The fourth-order valence-corrected chi connectivity index (χ4v) is 2.71. The number of para-hydroxylation sites is 1. The Morgan fingerprint density at radius 3 is 2.33 bits per heavy atom. The van der Waals surface area contributed by atoms with Crippen molar-refractivity contribution in [2.24, 2.45) is 5.14 Å². The van der Waals surface area contributed by atoms with Crippen molar-refractivity contribution in [2.45, 2.75) is 9.79 Å². The highest BCUT2D eigenvalue weighted by molar-refractivity contribution is 7.89. The maximum Gasteiger partial charge on any atom is 0.335 e. The molecule has 0 fully saturated rings. The van der Waals surface area contributed by atoms with Crippen molar-refractivity contribution in [1.82, 2.24) is 0 Å². The maximum atomic E-state index is 11.6. The van der Waals surface area contributed by atoms with E-state index in [0.717, 1.165) is 6.07 Å². The zero-order valence-corrected chi connectivity index (χ0v) is 12.3. The molecule has 0 atom stereocenters. The summed E-state index contributed by atoms with van der Waals surface area (Å²) in [6, 6.07) is 10.5. The van der Waals surface area contributed by atoms with E-state index in [1.54, 1.807) is 30.3 Å². The summed E-state index contributed by atoms with van der Waals surface area (Å²) in [6.07, 6.45) is 0. The smallest absolute Gasteiger partial charge is 0.335 e.